The molecule has 32 heavy (non-hydrogen) atoms. The highest BCUT2D eigenvalue weighted by atomic mass is 79.9. The van der Waals surface area contributed by atoms with E-state index in [-0.39, 0.29) is 12.0 Å². The van der Waals surface area contributed by atoms with Crippen LogP contribution in [0.5, 0.6) is 0 Å². The molecule has 0 saturated heterocycles. The first-order chi connectivity index (χ1) is 15.3. The number of benzene rings is 3. The van der Waals surface area contributed by atoms with Gasteiger partial charge in [0.15, 0.2) is 0 Å². The number of fused-ring (bicyclic) bond motifs is 3. The van der Waals surface area contributed by atoms with E-state index in [0.29, 0.717) is 16.5 Å². The van der Waals surface area contributed by atoms with Gasteiger partial charge in [-0.2, -0.15) is 0 Å². The zero-order valence-corrected chi connectivity index (χ0v) is 20.4. The third-order valence-electron chi connectivity index (χ3n) is 6.60. The summed E-state index contributed by atoms with van der Waals surface area (Å²) in [4.78, 5) is 0.291. The zero-order valence-electron chi connectivity index (χ0n) is 18.0. The van der Waals surface area contributed by atoms with Gasteiger partial charge >= 0.3 is 0 Å². The van der Waals surface area contributed by atoms with Crippen molar-refractivity contribution < 1.29 is 8.42 Å². The summed E-state index contributed by atoms with van der Waals surface area (Å²) in [7, 11) is -3.70. The SMILES string of the molecule is Cc1cccc(C)c1NS(=O)(=O)c1ccc2c(c1)C1C=CCC1[C@@H](c1ccccc1Br)N2. The summed E-state index contributed by atoms with van der Waals surface area (Å²) >= 11 is 3.70. The lowest BCUT2D eigenvalue weighted by Crippen LogP contribution is -2.29. The first kappa shape index (κ1) is 21.3. The first-order valence-corrected chi connectivity index (χ1v) is 13.0. The van der Waals surface area contributed by atoms with Crippen LogP contribution in [0.4, 0.5) is 11.4 Å². The fraction of sp³-hybridized carbons (Fsp3) is 0.231. The Morgan fingerprint density at radius 1 is 0.969 bits per heavy atom. The van der Waals surface area contributed by atoms with Crippen molar-refractivity contribution in [3.8, 4) is 0 Å². The molecule has 3 aromatic carbocycles. The Morgan fingerprint density at radius 2 is 1.72 bits per heavy atom. The van der Waals surface area contributed by atoms with Crippen LogP contribution in [0.3, 0.4) is 0 Å². The van der Waals surface area contributed by atoms with Gasteiger partial charge in [-0.25, -0.2) is 8.42 Å². The van der Waals surface area contributed by atoms with Crippen LogP contribution < -0.4 is 10.0 Å². The van der Waals surface area contributed by atoms with E-state index in [0.717, 1.165) is 33.3 Å². The van der Waals surface area contributed by atoms with E-state index < -0.39 is 10.0 Å². The second-order valence-electron chi connectivity index (χ2n) is 8.62. The van der Waals surface area contributed by atoms with E-state index in [2.05, 4.69) is 56.3 Å². The second-order valence-corrected chi connectivity index (χ2v) is 11.2. The highest BCUT2D eigenvalue weighted by Gasteiger charge is 2.39. The number of nitrogens with one attached hydrogen (secondary N) is 2. The Kier molecular flexibility index (Phi) is 5.38. The fourth-order valence-electron chi connectivity index (χ4n) is 4.94. The molecule has 1 aliphatic carbocycles. The van der Waals surface area contributed by atoms with Crippen molar-refractivity contribution in [1.82, 2.24) is 0 Å². The molecular formula is C26H25BrN2O2S. The zero-order chi connectivity index (χ0) is 22.5. The van der Waals surface area contributed by atoms with Gasteiger partial charge in [-0.15, -0.1) is 0 Å². The van der Waals surface area contributed by atoms with Crippen molar-refractivity contribution in [2.75, 3.05) is 10.0 Å². The van der Waals surface area contributed by atoms with Gasteiger partial charge in [0.25, 0.3) is 10.0 Å². The van der Waals surface area contributed by atoms with Gasteiger partial charge in [-0.3, -0.25) is 4.72 Å². The maximum Gasteiger partial charge on any atom is 0.261 e. The maximum atomic E-state index is 13.3. The van der Waals surface area contributed by atoms with Crippen LogP contribution in [0.25, 0.3) is 0 Å². The highest BCUT2D eigenvalue weighted by Crippen LogP contribution is 2.51. The van der Waals surface area contributed by atoms with Crippen molar-refractivity contribution in [1.29, 1.82) is 0 Å². The summed E-state index contributed by atoms with van der Waals surface area (Å²) in [5.41, 5.74) is 5.72. The number of rotatable bonds is 4. The molecule has 0 fully saturated rings. The fourth-order valence-corrected chi connectivity index (χ4v) is 6.71. The van der Waals surface area contributed by atoms with E-state index in [1.54, 1.807) is 6.07 Å². The third kappa shape index (κ3) is 3.65. The van der Waals surface area contributed by atoms with Crippen LogP contribution in [-0.4, -0.2) is 8.42 Å². The van der Waals surface area contributed by atoms with Crippen LogP contribution in [0.2, 0.25) is 0 Å². The Hall–Kier alpha value is -2.57. The number of hydrogen-bond donors (Lipinski definition) is 2. The monoisotopic (exact) mass is 508 g/mol. The molecule has 1 heterocycles. The molecule has 2 aliphatic rings. The summed E-state index contributed by atoms with van der Waals surface area (Å²) in [6.45, 7) is 3.83. The van der Waals surface area contributed by atoms with E-state index >= 15 is 0 Å². The van der Waals surface area contributed by atoms with Gasteiger partial charge in [0.1, 0.15) is 0 Å². The topological polar surface area (TPSA) is 58.2 Å². The summed E-state index contributed by atoms with van der Waals surface area (Å²) in [5, 5.41) is 3.69. The van der Waals surface area contributed by atoms with Gasteiger partial charge in [0, 0.05) is 16.1 Å². The van der Waals surface area contributed by atoms with Gasteiger partial charge in [-0.05, 0) is 72.7 Å². The molecule has 4 nitrogen and oxygen atoms in total. The van der Waals surface area contributed by atoms with Gasteiger partial charge in [0.2, 0.25) is 0 Å². The summed E-state index contributed by atoms with van der Waals surface area (Å²) < 4.78 is 30.4. The Labute approximate surface area is 197 Å². The average molecular weight is 509 g/mol. The minimum absolute atomic E-state index is 0.160. The molecular weight excluding hydrogens is 484 g/mol. The van der Waals surface area contributed by atoms with Gasteiger partial charge in [-0.1, -0.05) is 64.5 Å². The number of halogens is 1. The first-order valence-electron chi connectivity index (χ1n) is 10.8. The largest absolute Gasteiger partial charge is 0.378 e. The van der Waals surface area contributed by atoms with Crippen molar-refractivity contribution in [3.63, 3.8) is 0 Å². The Balaban J connectivity index is 1.52. The second kappa shape index (κ2) is 8.09. The summed E-state index contributed by atoms with van der Waals surface area (Å²) in [5.74, 6) is 0.518. The molecule has 1 aliphatic heterocycles. The molecule has 2 N–H and O–H groups in total. The lowest BCUT2D eigenvalue weighted by atomic mass is 9.77. The molecule has 5 rings (SSSR count). The molecule has 0 spiro atoms. The smallest absolute Gasteiger partial charge is 0.261 e. The minimum atomic E-state index is -3.70. The third-order valence-corrected chi connectivity index (χ3v) is 8.67. The molecule has 0 bridgehead atoms. The van der Waals surface area contributed by atoms with E-state index in [4.69, 9.17) is 0 Å². The molecule has 6 heteroatoms. The number of aryl methyl sites for hydroxylation is 2. The van der Waals surface area contributed by atoms with Crippen LogP contribution >= 0.6 is 15.9 Å². The van der Waals surface area contributed by atoms with Crippen molar-refractivity contribution in [2.24, 2.45) is 5.92 Å². The van der Waals surface area contributed by atoms with E-state index in [1.165, 1.54) is 5.56 Å². The maximum absolute atomic E-state index is 13.3. The number of allylic oxidation sites excluding steroid dienone is 2. The molecule has 3 atom stereocenters. The quantitative estimate of drug-likeness (QED) is 0.385. The lowest BCUT2D eigenvalue weighted by Gasteiger charge is -2.38. The van der Waals surface area contributed by atoms with Crippen LogP contribution in [0, 0.1) is 19.8 Å². The van der Waals surface area contributed by atoms with Crippen LogP contribution in [0.1, 0.15) is 40.6 Å². The molecule has 0 amide bonds. The summed E-state index contributed by atoms with van der Waals surface area (Å²) in [6, 6.07) is 19.6. The van der Waals surface area contributed by atoms with Crippen molar-refractivity contribution in [2.45, 2.75) is 37.1 Å². The normalized spacial score (nSPS) is 21.5. The summed E-state index contributed by atoms with van der Waals surface area (Å²) in [6.07, 6.45) is 5.40. The Morgan fingerprint density at radius 3 is 2.47 bits per heavy atom. The van der Waals surface area contributed by atoms with Crippen molar-refractivity contribution in [3.05, 3.63) is 99.5 Å². The van der Waals surface area contributed by atoms with Crippen LogP contribution in [0.15, 0.2) is 82.2 Å². The van der Waals surface area contributed by atoms with Gasteiger partial charge < -0.3 is 5.32 Å². The number of para-hydroxylation sites is 1. The molecule has 0 aromatic heterocycles. The number of hydrogen-bond acceptors (Lipinski definition) is 3. The highest BCUT2D eigenvalue weighted by molar-refractivity contribution is 9.10. The van der Waals surface area contributed by atoms with Gasteiger partial charge in [0.05, 0.1) is 16.6 Å². The molecule has 3 aromatic rings. The number of anilines is 2. The van der Waals surface area contributed by atoms with E-state index in [1.807, 2.05) is 50.2 Å². The van der Waals surface area contributed by atoms with Crippen LogP contribution in [-0.2, 0) is 10.0 Å². The molecule has 164 valence electrons. The molecule has 0 radical (unpaired) electrons. The number of sulfonamides is 1. The Bertz CT molecular complexity index is 1310. The standard InChI is InChI=1S/C26H25BrN2O2S/c1-16-7-5-8-17(2)25(16)29-32(30,31)18-13-14-24-22(15-18)19-10-6-11-20(19)26(28-24)21-9-3-4-12-23(21)27/h3-10,12-15,19-20,26,28-29H,11H2,1-2H3/t19?,20?,26-/m0/s1. The van der Waals surface area contributed by atoms with E-state index in [9.17, 15) is 8.42 Å². The minimum Gasteiger partial charge on any atom is -0.378 e. The lowest BCUT2D eigenvalue weighted by molar-refractivity contribution is 0.424. The molecule has 0 saturated carbocycles. The molecule has 2 unspecified atom stereocenters. The predicted molar refractivity (Wildman–Crippen MR) is 134 cm³/mol. The van der Waals surface area contributed by atoms with Crippen molar-refractivity contribution >= 4 is 37.3 Å². The predicted octanol–water partition coefficient (Wildman–Crippen LogP) is 6.69. The average Bonchev–Trinajstić information content (AvgIpc) is 3.26.